The van der Waals surface area contributed by atoms with Gasteiger partial charge in [-0.05, 0) is 29.3 Å². The molecule has 0 saturated carbocycles. The van der Waals surface area contributed by atoms with Crippen LogP contribution in [0.5, 0.6) is 0 Å². The first-order valence-electron chi connectivity index (χ1n) is 5.71. The Kier molecular flexibility index (Phi) is 7.17. The van der Waals surface area contributed by atoms with Crippen molar-refractivity contribution in [1.29, 1.82) is 0 Å². The number of benzene rings is 2. The Balaban J connectivity index is 0.000000459. The van der Waals surface area contributed by atoms with E-state index in [0.717, 1.165) is 0 Å². The van der Waals surface area contributed by atoms with Gasteiger partial charge in [-0.3, -0.25) is 0 Å². The van der Waals surface area contributed by atoms with Gasteiger partial charge in [-0.2, -0.15) is 0 Å². The molecule has 0 aliphatic heterocycles. The van der Waals surface area contributed by atoms with Crippen LogP contribution in [0.1, 0.15) is 26.3 Å². The average molecular weight is 339 g/mol. The zero-order chi connectivity index (χ0) is 14.7. The molecule has 0 unspecified atom stereocenters. The van der Waals surface area contributed by atoms with Gasteiger partial charge in [0.15, 0.2) is 0 Å². The molecule has 22 heavy (non-hydrogen) atoms. The molecule has 0 heterocycles. The third-order valence-electron chi connectivity index (χ3n) is 2.78. The monoisotopic (exact) mass is 338 g/mol. The minimum absolute atomic E-state index is 0. The zero-order valence-corrected chi connectivity index (χ0v) is 12.8. The van der Waals surface area contributed by atoms with Crippen LogP contribution >= 0.6 is 24.8 Å². The maximum atomic E-state index is 10.7. The summed E-state index contributed by atoms with van der Waals surface area (Å²) in [5.41, 5.74) is 2.40. The van der Waals surface area contributed by atoms with Crippen molar-refractivity contribution < 1.29 is 19.8 Å². The van der Waals surface area contributed by atoms with Crippen molar-refractivity contribution >= 4 is 36.8 Å². The topological polar surface area (TPSA) is 74.6 Å². The first kappa shape index (κ1) is 19.5. The van der Waals surface area contributed by atoms with E-state index in [2.05, 4.69) is 30.2 Å². The molecule has 3 rings (SSSR count). The highest BCUT2D eigenvalue weighted by molar-refractivity contribution is 5.98. The number of carboxylic acid groups (broad SMARTS) is 2. The zero-order valence-electron chi connectivity index (χ0n) is 11.1. The van der Waals surface area contributed by atoms with Gasteiger partial charge >= 0.3 is 11.9 Å². The van der Waals surface area contributed by atoms with E-state index in [9.17, 15) is 9.59 Å². The van der Waals surface area contributed by atoms with Crippen LogP contribution in [0.25, 0.3) is 11.1 Å². The Bertz CT molecular complexity index is 699. The Labute approximate surface area is 139 Å². The lowest BCUT2D eigenvalue weighted by Gasteiger charge is -2.02. The van der Waals surface area contributed by atoms with E-state index >= 15 is 0 Å². The SMILES string of the molecule is C#Cc1c(C(=O)O)cccc1C(=O)O.Cl.Cl.c1cc2cc-2c1. The normalized spacial score (nSPS) is 8.86. The first-order valence-corrected chi connectivity index (χ1v) is 5.71. The van der Waals surface area contributed by atoms with E-state index in [1.165, 1.54) is 29.3 Å². The second kappa shape index (κ2) is 8.08. The van der Waals surface area contributed by atoms with Crippen molar-refractivity contribution in [3.8, 4) is 23.5 Å². The van der Waals surface area contributed by atoms with Gasteiger partial charge in [0, 0.05) is 0 Å². The fourth-order valence-corrected chi connectivity index (χ4v) is 1.74. The fraction of sp³-hybridized carbons (Fsp3) is 0. The summed E-state index contributed by atoms with van der Waals surface area (Å²) < 4.78 is 0. The van der Waals surface area contributed by atoms with Gasteiger partial charge in [0.2, 0.25) is 0 Å². The smallest absolute Gasteiger partial charge is 0.336 e. The van der Waals surface area contributed by atoms with E-state index in [4.69, 9.17) is 16.6 Å². The van der Waals surface area contributed by atoms with Gasteiger partial charge in [-0.15, -0.1) is 31.2 Å². The van der Waals surface area contributed by atoms with E-state index < -0.39 is 11.9 Å². The summed E-state index contributed by atoms with van der Waals surface area (Å²) in [6.45, 7) is 0. The minimum atomic E-state index is -1.24. The Morgan fingerprint density at radius 2 is 1.27 bits per heavy atom. The molecule has 1 aromatic carbocycles. The summed E-state index contributed by atoms with van der Waals surface area (Å²) in [7, 11) is 0. The van der Waals surface area contributed by atoms with E-state index in [-0.39, 0.29) is 41.5 Å². The number of hydrogen-bond acceptors (Lipinski definition) is 2. The molecule has 0 aromatic heterocycles. The van der Waals surface area contributed by atoms with Gasteiger partial charge in [0.05, 0.1) is 16.7 Å². The predicted molar refractivity (Wildman–Crippen MR) is 88.2 cm³/mol. The van der Waals surface area contributed by atoms with Crippen molar-refractivity contribution in [2.45, 2.75) is 0 Å². The molecule has 2 N–H and O–H groups in total. The van der Waals surface area contributed by atoms with Crippen LogP contribution in [-0.4, -0.2) is 22.2 Å². The van der Waals surface area contributed by atoms with Crippen LogP contribution in [0.4, 0.5) is 0 Å². The van der Waals surface area contributed by atoms with E-state index in [1.807, 2.05) is 0 Å². The van der Waals surface area contributed by atoms with Crippen molar-refractivity contribution in [2.24, 2.45) is 0 Å². The molecule has 2 aliphatic rings. The number of hydrogen-bond donors (Lipinski definition) is 2. The molecule has 0 fully saturated rings. The predicted octanol–water partition coefficient (Wildman–Crippen LogP) is 3.57. The van der Waals surface area contributed by atoms with Crippen LogP contribution in [0, 0.1) is 12.3 Å². The molecule has 0 radical (unpaired) electrons. The molecule has 6 heteroatoms. The van der Waals surface area contributed by atoms with E-state index in [1.54, 1.807) is 0 Å². The van der Waals surface area contributed by atoms with Crippen LogP contribution < -0.4 is 0 Å². The van der Waals surface area contributed by atoms with Crippen LogP contribution in [0.2, 0.25) is 0 Å². The molecular weight excluding hydrogens is 327 g/mol. The van der Waals surface area contributed by atoms with Crippen molar-refractivity contribution in [2.75, 3.05) is 0 Å². The highest BCUT2D eigenvalue weighted by Gasteiger charge is 2.15. The molecule has 2 aliphatic carbocycles. The number of halogens is 2. The maximum absolute atomic E-state index is 10.7. The molecule has 114 valence electrons. The van der Waals surface area contributed by atoms with Crippen LogP contribution in [0.15, 0.2) is 42.5 Å². The standard InChI is InChI=1S/C10H6O4.C6H4.2ClH/c1-2-6-7(9(11)12)4-3-5-8(6)10(13)14;1-2-5-4-6(5)3-1;;/h1,3-5H,(H,11,12)(H,13,14);1-4H;2*1H. The van der Waals surface area contributed by atoms with E-state index in [0.29, 0.717) is 0 Å². The number of carbonyl (C=O) groups is 2. The summed E-state index contributed by atoms with van der Waals surface area (Å²) >= 11 is 0. The third kappa shape index (κ3) is 4.26. The lowest BCUT2D eigenvalue weighted by molar-refractivity contribution is 0.0696. The highest BCUT2D eigenvalue weighted by atomic mass is 35.5. The third-order valence-corrected chi connectivity index (χ3v) is 2.78. The second-order valence-corrected chi connectivity index (χ2v) is 4.06. The Hall–Kier alpha value is -2.48. The molecule has 4 nitrogen and oxygen atoms in total. The van der Waals surface area contributed by atoms with Gasteiger partial charge in [-0.25, -0.2) is 9.59 Å². The van der Waals surface area contributed by atoms with Crippen LogP contribution in [0.3, 0.4) is 0 Å². The average Bonchev–Trinajstić information content (AvgIpc) is 3.04. The lowest BCUT2D eigenvalue weighted by atomic mass is 10.0. The summed E-state index contributed by atoms with van der Waals surface area (Å²) in [6, 6.07) is 12.4. The molecule has 0 saturated heterocycles. The second-order valence-electron chi connectivity index (χ2n) is 4.06. The molecule has 0 amide bonds. The van der Waals surface area contributed by atoms with Crippen molar-refractivity contribution in [3.05, 3.63) is 59.2 Å². The first-order chi connectivity index (χ1) is 9.54. The summed E-state index contributed by atoms with van der Waals surface area (Å²) in [5.74, 6) is -0.405. The highest BCUT2D eigenvalue weighted by Crippen LogP contribution is 2.32. The largest absolute Gasteiger partial charge is 0.478 e. The van der Waals surface area contributed by atoms with Gasteiger partial charge in [0.1, 0.15) is 0 Å². The summed E-state index contributed by atoms with van der Waals surface area (Å²) in [5, 5.41) is 17.4. The van der Waals surface area contributed by atoms with Gasteiger partial charge in [-0.1, -0.05) is 30.2 Å². The molecule has 1 aromatic rings. The number of carboxylic acids is 2. The molecule has 0 bridgehead atoms. The van der Waals surface area contributed by atoms with Crippen molar-refractivity contribution in [3.63, 3.8) is 0 Å². The molecule has 0 spiro atoms. The van der Waals surface area contributed by atoms with Crippen LogP contribution in [-0.2, 0) is 0 Å². The van der Waals surface area contributed by atoms with Gasteiger partial charge < -0.3 is 10.2 Å². The number of terminal acetylenes is 1. The quantitative estimate of drug-likeness (QED) is 0.700. The molecular formula is C16H12Cl2O4. The maximum Gasteiger partial charge on any atom is 0.336 e. The van der Waals surface area contributed by atoms with Gasteiger partial charge in [0.25, 0.3) is 0 Å². The minimum Gasteiger partial charge on any atom is -0.478 e. The summed E-state index contributed by atoms with van der Waals surface area (Å²) in [6.07, 6.45) is 5.05. The number of fused-ring (bicyclic) bond motifs is 1. The Morgan fingerprint density at radius 3 is 1.50 bits per heavy atom. The summed E-state index contributed by atoms with van der Waals surface area (Å²) in [4.78, 5) is 21.3. The fourth-order valence-electron chi connectivity index (χ4n) is 1.74. The number of aromatic carboxylic acids is 2. The molecule has 0 atom stereocenters. The van der Waals surface area contributed by atoms with Crippen molar-refractivity contribution in [1.82, 2.24) is 0 Å². The lowest BCUT2D eigenvalue weighted by Crippen LogP contribution is -2.07. The number of rotatable bonds is 2. The Morgan fingerprint density at radius 1 is 0.864 bits per heavy atom.